The van der Waals surface area contributed by atoms with Crippen molar-refractivity contribution in [2.24, 2.45) is 0 Å². The number of benzene rings is 1. The Morgan fingerprint density at radius 1 is 1.18 bits per heavy atom. The molecule has 0 amide bonds. The van der Waals surface area contributed by atoms with Crippen molar-refractivity contribution >= 4 is 0 Å². The number of hydrogen-bond donors (Lipinski definition) is 1. The van der Waals surface area contributed by atoms with Gasteiger partial charge < -0.3 is 10.1 Å². The number of nitrogens with one attached hydrogen (secondary N) is 1. The van der Waals surface area contributed by atoms with Crippen LogP contribution in [0.5, 0.6) is 0 Å². The van der Waals surface area contributed by atoms with E-state index in [2.05, 4.69) is 56.4 Å². The maximum Gasteiger partial charge on any atom is 0.0626 e. The highest BCUT2D eigenvalue weighted by Gasteiger charge is 2.09. The Hall–Kier alpha value is -0.860. The van der Waals surface area contributed by atoms with Gasteiger partial charge in [-0.2, -0.15) is 0 Å². The molecular weight excluding hydrogens is 210 g/mol. The van der Waals surface area contributed by atoms with Crippen LogP contribution in [0.3, 0.4) is 0 Å². The third-order valence-corrected chi connectivity index (χ3v) is 2.64. The second-order valence-corrected chi connectivity index (χ2v) is 4.72. The molecule has 0 spiro atoms. The summed E-state index contributed by atoms with van der Waals surface area (Å²) < 4.78 is 5.71. The van der Waals surface area contributed by atoms with Crippen molar-refractivity contribution < 1.29 is 4.74 Å². The van der Waals surface area contributed by atoms with Gasteiger partial charge in [-0.25, -0.2) is 0 Å². The first-order valence-corrected chi connectivity index (χ1v) is 6.61. The Balaban J connectivity index is 2.44. The fraction of sp³-hybridized carbons (Fsp3) is 0.600. The molecule has 1 aromatic carbocycles. The predicted molar refractivity (Wildman–Crippen MR) is 73.3 cm³/mol. The minimum Gasteiger partial charge on any atom is -0.377 e. The predicted octanol–water partition coefficient (Wildman–Crippen LogP) is 3.02. The van der Waals surface area contributed by atoms with Crippen LogP contribution in [0.2, 0.25) is 0 Å². The van der Waals surface area contributed by atoms with Gasteiger partial charge in [-0.3, -0.25) is 0 Å². The molecule has 0 fully saturated rings. The first-order valence-electron chi connectivity index (χ1n) is 6.61. The largest absolute Gasteiger partial charge is 0.377 e. The molecule has 1 N–H and O–H groups in total. The van der Waals surface area contributed by atoms with Crippen molar-refractivity contribution in [3.8, 4) is 0 Å². The first-order chi connectivity index (χ1) is 8.22. The van der Waals surface area contributed by atoms with Crippen LogP contribution >= 0.6 is 0 Å². The number of hydrogen-bond acceptors (Lipinski definition) is 2. The highest BCUT2D eigenvalue weighted by Crippen LogP contribution is 2.04. The Labute approximate surface area is 105 Å². The van der Waals surface area contributed by atoms with E-state index in [-0.39, 0.29) is 0 Å². The molecule has 17 heavy (non-hydrogen) atoms. The van der Waals surface area contributed by atoms with E-state index in [0.29, 0.717) is 12.1 Å². The first kappa shape index (κ1) is 14.2. The molecule has 1 rings (SSSR count). The molecule has 0 aliphatic carbocycles. The van der Waals surface area contributed by atoms with Gasteiger partial charge in [0, 0.05) is 6.04 Å². The summed E-state index contributed by atoms with van der Waals surface area (Å²) in [5, 5.41) is 3.55. The molecule has 2 nitrogen and oxygen atoms in total. The zero-order valence-corrected chi connectivity index (χ0v) is 11.3. The summed E-state index contributed by atoms with van der Waals surface area (Å²) in [5.41, 5.74) is 1.37. The van der Waals surface area contributed by atoms with Gasteiger partial charge in [0.15, 0.2) is 0 Å². The summed E-state index contributed by atoms with van der Waals surface area (Å²) in [6.07, 6.45) is 2.50. The van der Waals surface area contributed by atoms with E-state index in [1.807, 2.05) is 0 Å². The molecule has 0 aliphatic rings. The summed E-state index contributed by atoms with van der Waals surface area (Å²) >= 11 is 0. The van der Waals surface area contributed by atoms with E-state index in [0.717, 1.165) is 26.0 Å². The molecule has 1 atom stereocenters. The Bertz CT molecular complexity index is 284. The molecule has 1 aromatic rings. The van der Waals surface area contributed by atoms with Crippen LogP contribution in [0.15, 0.2) is 30.3 Å². The second-order valence-electron chi connectivity index (χ2n) is 4.72. The molecule has 0 radical (unpaired) electrons. The van der Waals surface area contributed by atoms with Crippen molar-refractivity contribution in [2.75, 3.05) is 13.2 Å². The smallest absolute Gasteiger partial charge is 0.0626 e. The van der Waals surface area contributed by atoms with Crippen LogP contribution in [-0.4, -0.2) is 25.3 Å². The zero-order chi connectivity index (χ0) is 12.5. The number of ether oxygens (including phenoxy) is 1. The molecule has 0 saturated heterocycles. The quantitative estimate of drug-likeness (QED) is 0.748. The molecule has 0 bridgehead atoms. The van der Waals surface area contributed by atoms with Gasteiger partial charge in [0.2, 0.25) is 0 Å². The monoisotopic (exact) mass is 235 g/mol. The summed E-state index contributed by atoms with van der Waals surface area (Å²) in [6, 6.07) is 11.0. The normalized spacial score (nSPS) is 12.9. The van der Waals surface area contributed by atoms with Gasteiger partial charge in [-0.1, -0.05) is 37.3 Å². The average molecular weight is 235 g/mol. The standard InChI is InChI=1S/C15H25NO/c1-4-10-16-15(12-17-13(2)3)11-14-8-6-5-7-9-14/h5-9,13,15-16H,4,10-12H2,1-3H3. The summed E-state index contributed by atoms with van der Waals surface area (Å²) in [6.45, 7) is 8.19. The van der Waals surface area contributed by atoms with E-state index in [1.54, 1.807) is 0 Å². The van der Waals surface area contributed by atoms with E-state index in [9.17, 15) is 0 Å². The van der Waals surface area contributed by atoms with Crippen molar-refractivity contribution in [3.63, 3.8) is 0 Å². The maximum atomic E-state index is 5.71. The van der Waals surface area contributed by atoms with Gasteiger partial charge in [0.1, 0.15) is 0 Å². The molecule has 2 heteroatoms. The molecule has 0 aromatic heterocycles. The molecule has 1 unspecified atom stereocenters. The Kier molecular flexibility index (Phi) is 6.90. The lowest BCUT2D eigenvalue weighted by atomic mass is 10.1. The lowest BCUT2D eigenvalue weighted by molar-refractivity contribution is 0.0613. The van der Waals surface area contributed by atoms with Crippen molar-refractivity contribution in [1.29, 1.82) is 0 Å². The van der Waals surface area contributed by atoms with Gasteiger partial charge in [-0.05, 0) is 38.8 Å². The van der Waals surface area contributed by atoms with Gasteiger partial charge in [0.25, 0.3) is 0 Å². The second kappa shape index (κ2) is 8.26. The lowest BCUT2D eigenvalue weighted by Gasteiger charge is -2.20. The topological polar surface area (TPSA) is 21.3 Å². The van der Waals surface area contributed by atoms with E-state index < -0.39 is 0 Å². The number of rotatable bonds is 8. The van der Waals surface area contributed by atoms with Crippen LogP contribution in [-0.2, 0) is 11.2 Å². The maximum absolute atomic E-state index is 5.71. The SMILES string of the molecule is CCCNC(COC(C)C)Cc1ccccc1. The summed E-state index contributed by atoms with van der Waals surface area (Å²) in [4.78, 5) is 0. The van der Waals surface area contributed by atoms with Gasteiger partial charge in [-0.15, -0.1) is 0 Å². The van der Waals surface area contributed by atoms with E-state index in [4.69, 9.17) is 4.74 Å². The third-order valence-electron chi connectivity index (χ3n) is 2.64. The minimum absolute atomic E-state index is 0.302. The summed E-state index contributed by atoms with van der Waals surface area (Å²) in [5.74, 6) is 0. The Morgan fingerprint density at radius 2 is 1.88 bits per heavy atom. The van der Waals surface area contributed by atoms with Gasteiger partial charge >= 0.3 is 0 Å². The molecule has 0 saturated carbocycles. The summed E-state index contributed by atoms with van der Waals surface area (Å²) in [7, 11) is 0. The lowest BCUT2D eigenvalue weighted by Crippen LogP contribution is -2.36. The van der Waals surface area contributed by atoms with Crippen LogP contribution < -0.4 is 5.32 Å². The van der Waals surface area contributed by atoms with Crippen molar-refractivity contribution in [1.82, 2.24) is 5.32 Å². The molecule has 96 valence electrons. The fourth-order valence-corrected chi connectivity index (χ4v) is 1.75. The highest BCUT2D eigenvalue weighted by atomic mass is 16.5. The highest BCUT2D eigenvalue weighted by molar-refractivity contribution is 5.15. The van der Waals surface area contributed by atoms with Crippen LogP contribution in [0, 0.1) is 0 Å². The average Bonchev–Trinajstić information content (AvgIpc) is 2.34. The third kappa shape index (κ3) is 6.44. The van der Waals surface area contributed by atoms with E-state index in [1.165, 1.54) is 5.56 Å². The van der Waals surface area contributed by atoms with Crippen LogP contribution in [0.1, 0.15) is 32.8 Å². The van der Waals surface area contributed by atoms with Crippen LogP contribution in [0.25, 0.3) is 0 Å². The molecule has 0 aliphatic heterocycles. The van der Waals surface area contributed by atoms with Crippen molar-refractivity contribution in [3.05, 3.63) is 35.9 Å². The fourth-order valence-electron chi connectivity index (χ4n) is 1.75. The minimum atomic E-state index is 0.302. The Morgan fingerprint density at radius 3 is 2.47 bits per heavy atom. The van der Waals surface area contributed by atoms with Crippen molar-refractivity contribution in [2.45, 2.75) is 45.8 Å². The van der Waals surface area contributed by atoms with E-state index >= 15 is 0 Å². The molecular formula is C15H25NO. The van der Waals surface area contributed by atoms with Gasteiger partial charge in [0.05, 0.1) is 12.7 Å². The zero-order valence-electron chi connectivity index (χ0n) is 11.3. The molecule has 0 heterocycles. The van der Waals surface area contributed by atoms with Crippen LogP contribution in [0.4, 0.5) is 0 Å².